The molecule has 1 aliphatic heterocycles. The van der Waals surface area contributed by atoms with E-state index in [-0.39, 0.29) is 19.8 Å². The number of carbonyl (C=O) groups is 4. The first-order valence-corrected chi connectivity index (χ1v) is 8.98. The average molecular weight is 417 g/mol. The molecule has 0 aromatic carbocycles. The van der Waals surface area contributed by atoms with Crippen LogP contribution in [0.15, 0.2) is 12.7 Å². The molecule has 11 nitrogen and oxygen atoms in total. The highest BCUT2D eigenvalue weighted by molar-refractivity contribution is 5.69. The molecular formula is C18H27NO10. The molecule has 1 fully saturated rings. The Labute approximate surface area is 168 Å². The Hall–Kier alpha value is -2.66. The summed E-state index contributed by atoms with van der Waals surface area (Å²) in [7, 11) is 0. The average Bonchev–Trinajstić information content (AvgIpc) is 2.62. The summed E-state index contributed by atoms with van der Waals surface area (Å²) in [5.41, 5.74) is 0. The predicted molar refractivity (Wildman–Crippen MR) is 96.5 cm³/mol. The zero-order valence-electron chi connectivity index (χ0n) is 16.9. The minimum atomic E-state index is -1.20. The topological polar surface area (TPSA) is 136 Å². The number of esters is 3. The first kappa shape index (κ1) is 24.4. The fraction of sp³-hybridized carbons (Fsp3) is 0.667. The van der Waals surface area contributed by atoms with Crippen LogP contribution in [-0.2, 0) is 42.8 Å². The SMILES string of the molecule is C=CCOC(=O)N[C@@H]1[C@@H](OCC)O[C@H](COC(C)=O)[C@@H](OC(C)=O)[C@@H]1OC(C)=O. The van der Waals surface area contributed by atoms with E-state index in [4.69, 9.17) is 28.4 Å². The number of ether oxygens (including phenoxy) is 6. The fourth-order valence-corrected chi connectivity index (χ4v) is 2.68. The Morgan fingerprint density at radius 1 is 1.00 bits per heavy atom. The summed E-state index contributed by atoms with van der Waals surface area (Å²) in [4.78, 5) is 46.6. The lowest BCUT2D eigenvalue weighted by Crippen LogP contribution is -2.66. The van der Waals surface area contributed by atoms with Crippen molar-refractivity contribution in [2.24, 2.45) is 0 Å². The summed E-state index contributed by atoms with van der Waals surface area (Å²) in [6.07, 6.45) is -3.97. The maximum Gasteiger partial charge on any atom is 0.407 e. The van der Waals surface area contributed by atoms with E-state index in [1.165, 1.54) is 13.0 Å². The third-order valence-corrected chi connectivity index (χ3v) is 3.65. The zero-order chi connectivity index (χ0) is 22.0. The van der Waals surface area contributed by atoms with E-state index in [0.29, 0.717) is 0 Å². The molecule has 0 aliphatic carbocycles. The van der Waals surface area contributed by atoms with Crippen LogP contribution in [0.3, 0.4) is 0 Å². The van der Waals surface area contributed by atoms with Crippen LogP contribution in [0.25, 0.3) is 0 Å². The lowest BCUT2D eigenvalue weighted by molar-refractivity contribution is -0.276. The van der Waals surface area contributed by atoms with E-state index < -0.39 is 54.6 Å². The third kappa shape index (κ3) is 8.08. The van der Waals surface area contributed by atoms with Crippen molar-refractivity contribution >= 4 is 24.0 Å². The second-order valence-corrected chi connectivity index (χ2v) is 6.01. The van der Waals surface area contributed by atoms with Gasteiger partial charge in [0.15, 0.2) is 18.5 Å². The summed E-state index contributed by atoms with van der Waals surface area (Å²) >= 11 is 0. The Balaban J connectivity index is 3.22. The molecule has 1 heterocycles. The molecule has 29 heavy (non-hydrogen) atoms. The van der Waals surface area contributed by atoms with Gasteiger partial charge in [0.05, 0.1) is 0 Å². The van der Waals surface area contributed by atoms with Crippen molar-refractivity contribution in [3.8, 4) is 0 Å². The Morgan fingerprint density at radius 2 is 1.62 bits per heavy atom. The maximum absolute atomic E-state index is 12.1. The van der Waals surface area contributed by atoms with Crippen molar-refractivity contribution < 1.29 is 47.6 Å². The molecule has 1 rings (SSSR count). The van der Waals surface area contributed by atoms with Crippen molar-refractivity contribution in [3.05, 3.63) is 12.7 Å². The first-order chi connectivity index (χ1) is 13.7. The molecule has 0 bridgehead atoms. The summed E-state index contributed by atoms with van der Waals surface area (Å²) in [5, 5.41) is 2.50. The van der Waals surface area contributed by atoms with E-state index in [1.54, 1.807) is 6.92 Å². The smallest absolute Gasteiger partial charge is 0.407 e. The molecule has 0 saturated carbocycles. The molecule has 5 atom stereocenters. The minimum Gasteiger partial charge on any atom is -0.463 e. The summed E-state index contributed by atoms with van der Waals surface area (Å²) < 4.78 is 31.7. The summed E-state index contributed by atoms with van der Waals surface area (Å²) in [6, 6.07) is -1.07. The van der Waals surface area contributed by atoms with E-state index in [0.717, 1.165) is 13.8 Å². The second-order valence-electron chi connectivity index (χ2n) is 6.01. The highest BCUT2D eigenvalue weighted by Gasteiger charge is 2.51. The number of amides is 1. The fourth-order valence-electron chi connectivity index (χ4n) is 2.68. The quantitative estimate of drug-likeness (QED) is 0.320. The van der Waals surface area contributed by atoms with Crippen molar-refractivity contribution in [2.45, 2.75) is 58.3 Å². The van der Waals surface area contributed by atoms with Gasteiger partial charge in [-0.1, -0.05) is 12.7 Å². The van der Waals surface area contributed by atoms with E-state index in [2.05, 4.69) is 11.9 Å². The Morgan fingerprint density at radius 3 is 2.14 bits per heavy atom. The van der Waals surface area contributed by atoms with Crippen LogP contribution in [0.1, 0.15) is 27.7 Å². The van der Waals surface area contributed by atoms with Gasteiger partial charge in [-0.2, -0.15) is 0 Å². The molecule has 0 spiro atoms. The summed E-state index contributed by atoms with van der Waals surface area (Å²) in [5.74, 6) is -1.96. The van der Waals surface area contributed by atoms with Gasteiger partial charge in [-0.15, -0.1) is 0 Å². The van der Waals surface area contributed by atoms with Gasteiger partial charge in [0.25, 0.3) is 0 Å². The lowest BCUT2D eigenvalue weighted by atomic mass is 9.96. The van der Waals surface area contributed by atoms with Crippen LogP contribution < -0.4 is 5.32 Å². The van der Waals surface area contributed by atoms with Crippen LogP contribution in [0.4, 0.5) is 4.79 Å². The molecule has 1 amide bonds. The highest BCUT2D eigenvalue weighted by Crippen LogP contribution is 2.28. The molecule has 0 unspecified atom stereocenters. The maximum atomic E-state index is 12.1. The highest BCUT2D eigenvalue weighted by atomic mass is 16.7. The molecule has 0 aromatic heterocycles. The monoisotopic (exact) mass is 417 g/mol. The van der Waals surface area contributed by atoms with Gasteiger partial charge in [-0.05, 0) is 6.92 Å². The van der Waals surface area contributed by atoms with Gasteiger partial charge < -0.3 is 33.7 Å². The number of alkyl carbamates (subject to hydrolysis) is 1. The first-order valence-electron chi connectivity index (χ1n) is 8.98. The summed E-state index contributed by atoms with van der Waals surface area (Å²) in [6.45, 7) is 8.49. The van der Waals surface area contributed by atoms with Crippen molar-refractivity contribution in [3.63, 3.8) is 0 Å². The number of hydrogen-bond acceptors (Lipinski definition) is 10. The number of carbonyl (C=O) groups excluding carboxylic acids is 4. The number of hydrogen-bond donors (Lipinski definition) is 1. The van der Waals surface area contributed by atoms with E-state index in [1.807, 2.05) is 0 Å². The minimum absolute atomic E-state index is 0.0562. The van der Waals surface area contributed by atoms with Crippen LogP contribution in [0.5, 0.6) is 0 Å². The third-order valence-electron chi connectivity index (χ3n) is 3.65. The van der Waals surface area contributed by atoms with Crippen LogP contribution in [0.2, 0.25) is 0 Å². The van der Waals surface area contributed by atoms with Gasteiger partial charge in [0, 0.05) is 27.4 Å². The van der Waals surface area contributed by atoms with Crippen molar-refractivity contribution in [1.82, 2.24) is 5.32 Å². The van der Waals surface area contributed by atoms with Gasteiger partial charge in [0.1, 0.15) is 25.4 Å². The zero-order valence-corrected chi connectivity index (χ0v) is 16.9. The molecule has 164 valence electrons. The second kappa shape index (κ2) is 12.0. The van der Waals surface area contributed by atoms with Crippen LogP contribution in [0, 0.1) is 0 Å². The molecule has 1 aliphatic rings. The van der Waals surface area contributed by atoms with Crippen LogP contribution >= 0.6 is 0 Å². The lowest BCUT2D eigenvalue weighted by Gasteiger charge is -2.44. The Kier molecular flexibility index (Phi) is 10.1. The molecule has 1 N–H and O–H groups in total. The number of nitrogens with one attached hydrogen (secondary N) is 1. The molecule has 11 heteroatoms. The van der Waals surface area contributed by atoms with Gasteiger partial charge in [-0.25, -0.2) is 4.79 Å². The van der Waals surface area contributed by atoms with Gasteiger partial charge in [-0.3, -0.25) is 14.4 Å². The van der Waals surface area contributed by atoms with Crippen LogP contribution in [-0.4, -0.2) is 74.5 Å². The molecule has 1 saturated heterocycles. The molecular weight excluding hydrogens is 390 g/mol. The van der Waals surface area contributed by atoms with Crippen molar-refractivity contribution in [1.29, 1.82) is 0 Å². The normalized spacial score (nSPS) is 26.0. The van der Waals surface area contributed by atoms with E-state index >= 15 is 0 Å². The van der Waals surface area contributed by atoms with Gasteiger partial charge >= 0.3 is 24.0 Å². The largest absolute Gasteiger partial charge is 0.463 e. The predicted octanol–water partition coefficient (Wildman–Crippen LogP) is 0.455. The standard InChI is InChI=1S/C18H27NO10/c1-6-8-25-18(23)19-14-16(28-12(5)22)15(27-11(4)21)13(9-26-10(3)20)29-17(14)24-7-2/h6,13-17H,1,7-9H2,2-5H3,(H,19,23)/t13-,14+,15-,16-,17+/m1/s1. The number of rotatable bonds is 9. The molecule has 0 aromatic rings. The van der Waals surface area contributed by atoms with Gasteiger partial charge in [0.2, 0.25) is 0 Å². The molecule has 0 radical (unpaired) electrons. The Bertz CT molecular complexity index is 607. The van der Waals surface area contributed by atoms with Crippen molar-refractivity contribution in [2.75, 3.05) is 19.8 Å². The van der Waals surface area contributed by atoms with E-state index in [9.17, 15) is 19.2 Å².